The molecule has 0 aliphatic heterocycles. The van der Waals surface area contributed by atoms with Gasteiger partial charge in [0.15, 0.2) is 0 Å². The molecule has 108 valence electrons. The van der Waals surface area contributed by atoms with E-state index >= 15 is 0 Å². The third-order valence-corrected chi connectivity index (χ3v) is 3.38. The van der Waals surface area contributed by atoms with Gasteiger partial charge in [0.25, 0.3) is 5.91 Å². The van der Waals surface area contributed by atoms with Gasteiger partial charge in [-0.05, 0) is 25.0 Å². The van der Waals surface area contributed by atoms with Crippen molar-refractivity contribution in [2.75, 3.05) is 12.5 Å². The fourth-order valence-corrected chi connectivity index (χ4v) is 2.18. The summed E-state index contributed by atoms with van der Waals surface area (Å²) in [6.07, 6.45) is 1.57. The number of benzene rings is 1. The van der Waals surface area contributed by atoms with Crippen LogP contribution in [0.2, 0.25) is 0 Å². The molecule has 1 saturated carbocycles. The summed E-state index contributed by atoms with van der Waals surface area (Å²) in [5.74, 6) is 4.75. The van der Waals surface area contributed by atoms with Crippen LogP contribution in [0.3, 0.4) is 0 Å². The van der Waals surface area contributed by atoms with Crippen molar-refractivity contribution in [2.45, 2.75) is 25.0 Å². The third-order valence-electron chi connectivity index (χ3n) is 3.38. The molecule has 20 heavy (non-hydrogen) atoms. The number of nitro benzene ring substituents is 1. The first kappa shape index (κ1) is 14.2. The Hall–Kier alpha value is -2.19. The van der Waals surface area contributed by atoms with Gasteiger partial charge < -0.3 is 15.5 Å². The number of nitrogens with zero attached hydrogens (tertiary/aromatic N) is 1. The number of nitro groups is 1. The number of carbonyl (C=O) groups excluding carboxylic acids is 1. The van der Waals surface area contributed by atoms with Crippen LogP contribution >= 0.6 is 0 Å². The highest BCUT2D eigenvalue weighted by Crippen LogP contribution is 2.29. The Morgan fingerprint density at radius 2 is 2.20 bits per heavy atom. The van der Waals surface area contributed by atoms with Crippen LogP contribution in [0, 0.1) is 10.1 Å². The SMILES string of the molecule is COC1CC(NC(=O)c2cccc(NN)c2[N+](=O)[O-])C1. The summed E-state index contributed by atoms with van der Waals surface area (Å²) in [5.41, 5.74) is 2.00. The van der Waals surface area contributed by atoms with Gasteiger partial charge in [0, 0.05) is 13.2 Å². The molecule has 1 aliphatic rings. The summed E-state index contributed by atoms with van der Waals surface area (Å²) in [5, 5.41) is 13.8. The number of carbonyl (C=O) groups is 1. The Balaban J connectivity index is 2.15. The van der Waals surface area contributed by atoms with E-state index in [1.54, 1.807) is 7.11 Å². The van der Waals surface area contributed by atoms with Gasteiger partial charge in [0.1, 0.15) is 11.3 Å². The van der Waals surface area contributed by atoms with E-state index in [0.717, 1.165) is 0 Å². The molecule has 1 aromatic rings. The van der Waals surface area contributed by atoms with E-state index in [1.165, 1.54) is 18.2 Å². The van der Waals surface area contributed by atoms with Crippen molar-refractivity contribution in [1.82, 2.24) is 5.32 Å². The summed E-state index contributed by atoms with van der Waals surface area (Å²) in [6.45, 7) is 0. The zero-order chi connectivity index (χ0) is 14.7. The van der Waals surface area contributed by atoms with Gasteiger partial charge in [0.2, 0.25) is 0 Å². The zero-order valence-corrected chi connectivity index (χ0v) is 11.0. The first-order valence-electron chi connectivity index (χ1n) is 6.14. The van der Waals surface area contributed by atoms with Gasteiger partial charge in [0.05, 0.1) is 11.0 Å². The Kier molecular flexibility index (Phi) is 4.16. The normalized spacial score (nSPS) is 20.9. The van der Waals surface area contributed by atoms with Crippen LogP contribution in [0.1, 0.15) is 23.2 Å². The maximum absolute atomic E-state index is 12.1. The Labute approximate surface area is 115 Å². The van der Waals surface area contributed by atoms with Crippen LogP contribution in [-0.4, -0.2) is 30.1 Å². The van der Waals surface area contributed by atoms with E-state index in [9.17, 15) is 14.9 Å². The molecule has 1 fully saturated rings. The molecule has 0 spiro atoms. The standard InChI is InChI=1S/C12H16N4O4/c1-20-8-5-7(6-8)14-12(17)9-3-2-4-10(15-13)11(9)16(18)19/h2-4,7-8,15H,5-6,13H2,1H3,(H,14,17). The number of rotatable bonds is 5. The van der Waals surface area contributed by atoms with Crippen molar-refractivity contribution in [3.05, 3.63) is 33.9 Å². The number of nitrogen functional groups attached to an aromatic ring is 1. The molecule has 1 amide bonds. The molecular weight excluding hydrogens is 264 g/mol. The van der Waals surface area contributed by atoms with Gasteiger partial charge in [-0.3, -0.25) is 20.8 Å². The molecule has 0 atom stereocenters. The highest BCUT2D eigenvalue weighted by atomic mass is 16.6. The minimum Gasteiger partial charge on any atom is -0.381 e. The fraction of sp³-hybridized carbons (Fsp3) is 0.417. The van der Waals surface area contributed by atoms with Crippen LogP contribution in [0.4, 0.5) is 11.4 Å². The second-order valence-electron chi connectivity index (χ2n) is 4.60. The topological polar surface area (TPSA) is 120 Å². The molecule has 1 aliphatic carbocycles. The van der Waals surface area contributed by atoms with Gasteiger partial charge in [-0.15, -0.1) is 0 Å². The first-order valence-corrected chi connectivity index (χ1v) is 6.14. The lowest BCUT2D eigenvalue weighted by Crippen LogP contribution is -2.47. The van der Waals surface area contributed by atoms with E-state index in [-0.39, 0.29) is 29.1 Å². The summed E-state index contributed by atoms with van der Waals surface area (Å²) in [4.78, 5) is 22.6. The van der Waals surface area contributed by atoms with E-state index in [4.69, 9.17) is 10.6 Å². The number of anilines is 1. The summed E-state index contributed by atoms with van der Waals surface area (Å²) in [7, 11) is 1.62. The number of amides is 1. The summed E-state index contributed by atoms with van der Waals surface area (Å²) < 4.78 is 5.12. The maximum atomic E-state index is 12.1. The van der Waals surface area contributed by atoms with Crippen molar-refractivity contribution in [1.29, 1.82) is 0 Å². The number of nitrogens with two attached hydrogens (primary N) is 1. The molecule has 0 radical (unpaired) electrons. The number of para-hydroxylation sites is 1. The smallest absolute Gasteiger partial charge is 0.306 e. The van der Waals surface area contributed by atoms with Crippen molar-refractivity contribution in [2.24, 2.45) is 5.84 Å². The van der Waals surface area contributed by atoms with Crippen molar-refractivity contribution in [3.8, 4) is 0 Å². The zero-order valence-electron chi connectivity index (χ0n) is 11.0. The largest absolute Gasteiger partial charge is 0.381 e. The average molecular weight is 280 g/mol. The van der Waals surface area contributed by atoms with Crippen molar-refractivity contribution < 1.29 is 14.5 Å². The number of hydrogen-bond donors (Lipinski definition) is 3. The van der Waals surface area contributed by atoms with Crippen LogP contribution in [0.15, 0.2) is 18.2 Å². The predicted octanol–water partition coefficient (Wildman–Crippen LogP) is 0.788. The fourth-order valence-electron chi connectivity index (χ4n) is 2.18. The number of nitrogens with one attached hydrogen (secondary N) is 2. The molecule has 8 heteroatoms. The van der Waals surface area contributed by atoms with Crippen LogP contribution in [0.5, 0.6) is 0 Å². The second kappa shape index (κ2) is 5.85. The predicted molar refractivity (Wildman–Crippen MR) is 72.2 cm³/mol. The number of methoxy groups -OCH3 is 1. The molecule has 0 bridgehead atoms. The minimum atomic E-state index is -0.622. The lowest BCUT2D eigenvalue weighted by molar-refractivity contribution is -0.384. The molecule has 0 unspecified atom stereocenters. The van der Waals surface area contributed by atoms with Gasteiger partial charge >= 0.3 is 5.69 Å². The number of hydrogen-bond acceptors (Lipinski definition) is 6. The van der Waals surface area contributed by atoms with E-state index < -0.39 is 10.8 Å². The molecule has 1 aromatic carbocycles. The van der Waals surface area contributed by atoms with E-state index in [2.05, 4.69) is 10.7 Å². The van der Waals surface area contributed by atoms with Crippen molar-refractivity contribution in [3.63, 3.8) is 0 Å². The highest BCUT2D eigenvalue weighted by molar-refractivity contribution is 6.00. The van der Waals surface area contributed by atoms with E-state index in [1.807, 2.05) is 0 Å². The molecule has 0 aromatic heterocycles. The molecule has 0 saturated heterocycles. The molecule has 0 heterocycles. The molecule has 8 nitrogen and oxygen atoms in total. The van der Waals surface area contributed by atoms with Crippen LogP contribution in [0.25, 0.3) is 0 Å². The monoisotopic (exact) mass is 280 g/mol. The van der Waals surface area contributed by atoms with Gasteiger partial charge in [-0.1, -0.05) is 6.07 Å². The minimum absolute atomic E-state index is 0.00804. The Bertz CT molecular complexity index is 528. The summed E-state index contributed by atoms with van der Waals surface area (Å²) >= 11 is 0. The van der Waals surface area contributed by atoms with Crippen molar-refractivity contribution >= 4 is 17.3 Å². The van der Waals surface area contributed by atoms with Gasteiger partial charge in [-0.25, -0.2) is 0 Å². The first-order chi connectivity index (χ1) is 9.56. The van der Waals surface area contributed by atoms with Crippen LogP contribution < -0.4 is 16.6 Å². The van der Waals surface area contributed by atoms with Gasteiger partial charge in [-0.2, -0.15) is 0 Å². The number of hydrazine groups is 1. The molecular formula is C12H16N4O4. The molecule has 4 N–H and O–H groups in total. The lowest BCUT2D eigenvalue weighted by atomic mass is 9.89. The third kappa shape index (κ3) is 2.70. The number of ether oxygens (including phenoxy) is 1. The maximum Gasteiger partial charge on any atom is 0.306 e. The van der Waals surface area contributed by atoms with E-state index in [0.29, 0.717) is 12.8 Å². The summed E-state index contributed by atoms with van der Waals surface area (Å²) in [6, 6.07) is 4.37. The van der Waals surface area contributed by atoms with Crippen LogP contribution in [-0.2, 0) is 4.74 Å². The Morgan fingerprint density at radius 3 is 2.75 bits per heavy atom. The Morgan fingerprint density at radius 1 is 1.50 bits per heavy atom. The average Bonchev–Trinajstić information content (AvgIpc) is 2.40. The lowest BCUT2D eigenvalue weighted by Gasteiger charge is -2.34. The highest BCUT2D eigenvalue weighted by Gasteiger charge is 2.32. The second-order valence-corrected chi connectivity index (χ2v) is 4.60. The molecule has 2 rings (SSSR count). The quantitative estimate of drug-likeness (QED) is 0.416.